The quantitative estimate of drug-likeness (QED) is 0.526. The normalized spacial score (nSPS) is 16.6. The summed E-state index contributed by atoms with van der Waals surface area (Å²) >= 11 is 0. The highest BCUT2D eigenvalue weighted by Gasteiger charge is 2.25. The van der Waals surface area contributed by atoms with Gasteiger partial charge in [0.2, 0.25) is 0 Å². The lowest BCUT2D eigenvalue weighted by molar-refractivity contribution is 0.0767. The Hall–Kier alpha value is -3.31. The van der Waals surface area contributed by atoms with Crippen LogP contribution in [0.4, 0.5) is 5.69 Å². The summed E-state index contributed by atoms with van der Waals surface area (Å²) in [4.78, 5) is 20.5. The number of aryl methyl sites for hydroxylation is 1. The molecule has 0 aliphatic carbocycles. The van der Waals surface area contributed by atoms with Gasteiger partial charge in [0, 0.05) is 57.7 Å². The molecule has 5 heteroatoms. The first-order valence-corrected chi connectivity index (χ1v) is 12.4. The Morgan fingerprint density at radius 2 is 1.56 bits per heavy atom. The van der Waals surface area contributed by atoms with Gasteiger partial charge in [0.05, 0.1) is 11.3 Å². The summed E-state index contributed by atoms with van der Waals surface area (Å²) in [6.45, 7) is 9.63. The van der Waals surface area contributed by atoms with E-state index >= 15 is 0 Å². The minimum absolute atomic E-state index is 0.165. The zero-order valence-corrected chi connectivity index (χ0v) is 20.1. The van der Waals surface area contributed by atoms with Crippen molar-refractivity contribution in [2.75, 3.05) is 50.7 Å². The van der Waals surface area contributed by atoms with Gasteiger partial charge < -0.3 is 14.4 Å². The van der Waals surface area contributed by atoms with Crippen LogP contribution in [0.2, 0.25) is 0 Å². The Bertz CT molecular complexity index is 1130. The van der Waals surface area contributed by atoms with Gasteiger partial charge in [0.1, 0.15) is 0 Å². The van der Waals surface area contributed by atoms with Crippen LogP contribution in [0, 0.1) is 6.92 Å². The molecule has 0 atom stereocenters. The zero-order chi connectivity index (χ0) is 23.3. The molecule has 2 aliphatic heterocycles. The van der Waals surface area contributed by atoms with Crippen LogP contribution in [0.1, 0.15) is 33.6 Å². The van der Waals surface area contributed by atoms with Gasteiger partial charge in [-0.15, -0.1) is 0 Å². The molecule has 0 N–H and O–H groups in total. The second-order valence-corrected chi connectivity index (χ2v) is 9.36. The zero-order valence-electron chi connectivity index (χ0n) is 20.1. The van der Waals surface area contributed by atoms with Crippen molar-refractivity contribution in [3.05, 3.63) is 95.3 Å². The first-order chi connectivity index (χ1) is 16.7. The molecular formula is C29H34N4O. The SMILES string of the molecule is Cc1cn(Cc2ccccc2)c2c1C(=O)N(CCCN1CCN(c3ccccc3)CC1)CC=C2. The van der Waals surface area contributed by atoms with E-state index in [2.05, 4.69) is 94.2 Å². The van der Waals surface area contributed by atoms with E-state index in [4.69, 9.17) is 0 Å². The summed E-state index contributed by atoms with van der Waals surface area (Å²) in [5.74, 6) is 0.165. The average Bonchev–Trinajstić information content (AvgIpc) is 3.07. The van der Waals surface area contributed by atoms with E-state index in [1.54, 1.807) is 0 Å². The number of fused-ring (bicyclic) bond motifs is 1. The van der Waals surface area contributed by atoms with Crippen molar-refractivity contribution in [1.82, 2.24) is 14.4 Å². The van der Waals surface area contributed by atoms with E-state index in [9.17, 15) is 4.79 Å². The number of hydrogen-bond donors (Lipinski definition) is 0. The van der Waals surface area contributed by atoms with E-state index in [1.807, 2.05) is 11.0 Å². The third-order valence-corrected chi connectivity index (χ3v) is 7.00. The minimum atomic E-state index is 0.165. The van der Waals surface area contributed by atoms with Crippen LogP contribution in [-0.2, 0) is 6.54 Å². The maximum Gasteiger partial charge on any atom is 0.256 e. The Balaban J connectivity index is 1.16. The standard InChI is InChI=1S/C29H34N4O/c1-24-22-33(23-25-10-4-2-5-11-25)27-14-8-16-32(29(34)28(24)27)17-9-15-30-18-20-31(21-19-30)26-12-6-3-7-13-26/h2-8,10-14,22H,9,15-21,23H2,1H3. The molecule has 3 aromatic rings. The third kappa shape index (κ3) is 4.95. The van der Waals surface area contributed by atoms with E-state index in [0.717, 1.165) is 69.1 Å². The fourth-order valence-electron chi connectivity index (χ4n) is 5.16. The Morgan fingerprint density at radius 3 is 2.29 bits per heavy atom. The Kier molecular flexibility index (Phi) is 6.82. The maximum atomic E-state index is 13.5. The summed E-state index contributed by atoms with van der Waals surface area (Å²) < 4.78 is 2.21. The van der Waals surface area contributed by atoms with Crippen LogP contribution >= 0.6 is 0 Å². The van der Waals surface area contributed by atoms with Gasteiger partial charge in [-0.3, -0.25) is 9.69 Å². The number of amides is 1. The molecule has 0 bridgehead atoms. The number of piperazine rings is 1. The number of carbonyl (C=O) groups excluding carboxylic acids is 1. The molecule has 0 spiro atoms. The molecule has 1 fully saturated rings. The molecule has 1 aromatic heterocycles. The molecule has 3 heterocycles. The first kappa shape index (κ1) is 22.5. The lowest BCUT2D eigenvalue weighted by Gasteiger charge is -2.36. The number of hydrogen-bond acceptors (Lipinski definition) is 3. The second-order valence-electron chi connectivity index (χ2n) is 9.36. The van der Waals surface area contributed by atoms with Gasteiger partial charge in [-0.2, -0.15) is 0 Å². The molecule has 2 aromatic carbocycles. The van der Waals surface area contributed by atoms with E-state index < -0.39 is 0 Å². The summed E-state index contributed by atoms with van der Waals surface area (Å²) in [5.41, 5.74) is 5.51. The smallest absolute Gasteiger partial charge is 0.256 e. The van der Waals surface area contributed by atoms with Crippen molar-refractivity contribution in [2.24, 2.45) is 0 Å². The van der Waals surface area contributed by atoms with Gasteiger partial charge in [-0.25, -0.2) is 0 Å². The van der Waals surface area contributed by atoms with E-state index in [1.165, 1.54) is 11.3 Å². The fraction of sp³-hybridized carbons (Fsp3) is 0.345. The average molecular weight is 455 g/mol. The lowest BCUT2D eigenvalue weighted by Crippen LogP contribution is -2.47. The molecule has 0 saturated carbocycles. The lowest BCUT2D eigenvalue weighted by atomic mass is 10.1. The number of nitrogens with zero attached hydrogens (tertiary/aromatic N) is 4. The van der Waals surface area contributed by atoms with Crippen molar-refractivity contribution in [3.63, 3.8) is 0 Å². The number of carbonyl (C=O) groups is 1. The van der Waals surface area contributed by atoms with Gasteiger partial charge in [-0.05, 0) is 49.2 Å². The maximum absolute atomic E-state index is 13.5. The molecule has 1 amide bonds. The van der Waals surface area contributed by atoms with Crippen LogP contribution in [0.3, 0.4) is 0 Å². The molecular weight excluding hydrogens is 420 g/mol. The summed E-state index contributed by atoms with van der Waals surface area (Å²) in [6, 6.07) is 21.1. The Labute approximate surface area is 202 Å². The molecule has 1 saturated heterocycles. The number of anilines is 1. The summed E-state index contributed by atoms with van der Waals surface area (Å²) in [6.07, 6.45) is 7.40. The number of para-hydroxylation sites is 1. The third-order valence-electron chi connectivity index (χ3n) is 7.00. The Morgan fingerprint density at radius 1 is 0.853 bits per heavy atom. The predicted molar refractivity (Wildman–Crippen MR) is 139 cm³/mol. The number of rotatable bonds is 7. The van der Waals surface area contributed by atoms with Crippen molar-refractivity contribution in [1.29, 1.82) is 0 Å². The van der Waals surface area contributed by atoms with Gasteiger partial charge in [0.15, 0.2) is 0 Å². The largest absolute Gasteiger partial charge is 0.369 e. The summed E-state index contributed by atoms with van der Waals surface area (Å²) in [7, 11) is 0. The minimum Gasteiger partial charge on any atom is -0.369 e. The van der Waals surface area contributed by atoms with E-state index in [0.29, 0.717) is 6.54 Å². The molecule has 5 rings (SSSR count). The van der Waals surface area contributed by atoms with Crippen LogP contribution in [-0.4, -0.2) is 66.1 Å². The predicted octanol–water partition coefficient (Wildman–Crippen LogP) is 4.53. The van der Waals surface area contributed by atoms with E-state index in [-0.39, 0.29) is 5.91 Å². The number of benzene rings is 2. The molecule has 34 heavy (non-hydrogen) atoms. The van der Waals surface area contributed by atoms with Crippen molar-refractivity contribution in [2.45, 2.75) is 19.9 Å². The van der Waals surface area contributed by atoms with Gasteiger partial charge in [-0.1, -0.05) is 54.6 Å². The van der Waals surface area contributed by atoms with Crippen LogP contribution in [0.15, 0.2) is 72.9 Å². The van der Waals surface area contributed by atoms with Crippen LogP contribution in [0.5, 0.6) is 0 Å². The monoisotopic (exact) mass is 454 g/mol. The summed E-state index contributed by atoms with van der Waals surface area (Å²) in [5, 5.41) is 0. The van der Waals surface area contributed by atoms with Crippen molar-refractivity contribution in [3.8, 4) is 0 Å². The van der Waals surface area contributed by atoms with Crippen LogP contribution in [0.25, 0.3) is 6.08 Å². The highest BCUT2D eigenvalue weighted by atomic mass is 16.2. The molecule has 5 nitrogen and oxygen atoms in total. The van der Waals surface area contributed by atoms with Gasteiger partial charge in [0.25, 0.3) is 5.91 Å². The highest BCUT2D eigenvalue weighted by Crippen LogP contribution is 2.24. The molecule has 0 unspecified atom stereocenters. The second kappa shape index (κ2) is 10.3. The van der Waals surface area contributed by atoms with Crippen molar-refractivity contribution >= 4 is 17.7 Å². The van der Waals surface area contributed by atoms with Crippen LogP contribution < -0.4 is 4.90 Å². The number of aromatic nitrogens is 1. The molecule has 0 radical (unpaired) electrons. The highest BCUT2D eigenvalue weighted by molar-refractivity contribution is 5.99. The topological polar surface area (TPSA) is 31.7 Å². The first-order valence-electron chi connectivity index (χ1n) is 12.4. The molecule has 176 valence electrons. The molecule has 2 aliphatic rings. The van der Waals surface area contributed by atoms with Gasteiger partial charge >= 0.3 is 0 Å². The van der Waals surface area contributed by atoms with Crippen molar-refractivity contribution < 1.29 is 4.79 Å². The fourth-order valence-corrected chi connectivity index (χ4v) is 5.16.